The lowest BCUT2D eigenvalue weighted by Gasteiger charge is -2.49. The topological polar surface area (TPSA) is 24.5 Å². The second-order valence-electron chi connectivity index (χ2n) is 6.19. The zero-order chi connectivity index (χ0) is 13.1. The zero-order valence-electron chi connectivity index (χ0n) is 12.4. The van der Waals surface area contributed by atoms with Crippen molar-refractivity contribution in [1.82, 2.24) is 10.2 Å². The fourth-order valence-electron chi connectivity index (χ4n) is 2.75. The summed E-state index contributed by atoms with van der Waals surface area (Å²) < 4.78 is 5.32. The van der Waals surface area contributed by atoms with Crippen LogP contribution in [0.15, 0.2) is 0 Å². The second-order valence-corrected chi connectivity index (χ2v) is 6.19. The Hall–Kier alpha value is -0.120. The van der Waals surface area contributed by atoms with E-state index in [2.05, 4.69) is 44.8 Å². The number of methoxy groups -OCH3 is 1. The Kier molecular flexibility index (Phi) is 5.42. The second kappa shape index (κ2) is 6.17. The van der Waals surface area contributed by atoms with Crippen molar-refractivity contribution in [2.24, 2.45) is 5.92 Å². The molecule has 3 unspecified atom stereocenters. The van der Waals surface area contributed by atoms with Gasteiger partial charge < -0.3 is 10.1 Å². The van der Waals surface area contributed by atoms with Crippen LogP contribution in [0.25, 0.3) is 0 Å². The smallest absolute Gasteiger partial charge is 0.0615 e. The highest BCUT2D eigenvalue weighted by Crippen LogP contribution is 2.24. The van der Waals surface area contributed by atoms with E-state index in [0.717, 1.165) is 25.6 Å². The van der Waals surface area contributed by atoms with Crippen molar-refractivity contribution in [1.29, 1.82) is 0 Å². The van der Waals surface area contributed by atoms with E-state index < -0.39 is 0 Å². The lowest BCUT2D eigenvalue weighted by atomic mass is 9.89. The molecule has 0 spiro atoms. The average Bonchev–Trinajstić information content (AvgIpc) is 2.27. The van der Waals surface area contributed by atoms with Crippen LogP contribution in [0.3, 0.4) is 0 Å². The van der Waals surface area contributed by atoms with E-state index >= 15 is 0 Å². The highest BCUT2D eigenvalue weighted by molar-refractivity contribution is 4.95. The van der Waals surface area contributed by atoms with Crippen LogP contribution in [0.1, 0.15) is 41.0 Å². The highest BCUT2D eigenvalue weighted by Gasteiger charge is 2.36. The van der Waals surface area contributed by atoms with Gasteiger partial charge in [-0.25, -0.2) is 0 Å². The van der Waals surface area contributed by atoms with E-state index in [-0.39, 0.29) is 5.54 Å². The summed E-state index contributed by atoms with van der Waals surface area (Å²) in [6.45, 7) is 14.5. The van der Waals surface area contributed by atoms with Crippen LogP contribution in [0, 0.1) is 5.92 Å². The first-order valence-electron chi connectivity index (χ1n) is 6.91. The van der Waals surface area contributed by atoms with Crippen molar-refractivity contribution >= 4 is 0 Å². The first-order valence-corrected chi connectivity index (χ1v) is 6.91. The fourth-order valence-corrected chi connectivity index (χ4v) is 2.75. The van der Waals surface area contributed by atoms with E-state index in [0.29, 0.717) is 12.1 Å². The van der Waals surface area contributed by atoms with Gasteiger partial charge in [-0.05, 0) is 26.7 Å². The molecule has 0 aromatic heterocycles. The Bertz CT molecular complexity index is 230. The third-order valence-corrected chi connectivity index (χ3v) is 4.07. The minimum absolute atomic E-state index is 0.214. The molecule has 0 aromatic carbocycles. The van der Waals surface area contributed by atoms with Gasteiger partial charge in [0.1, 0.15) is 0 Å². The molecule has 1 rings (SSSR count). The van der Waals surface area contributed by atoms with Gasteiger partial charge in [0.25, 0.3) is 0 Å². The first-order chi connectivity index (χ1) is 7.91. The van der Waals surface area contributed by atoms with Crippen LogP contribution in [-0.4, -0.2) is 49.3 Å². The van der Waals surface area contributed by atoms with Gasteiger partial charge in [0.05, 0.1) is 6.61 Å². The van der Waals surface area contributed by atoms with Crippen LogP contribution < -0.4 is 5.32 Å². The van der Waals surface area contributed by atoms with Gasteiger partial charge >= 0.3 is 0 Å². The number of hydrogen-bond acceptors (Lipinski definition) is 3. The van der Waals surface area contributed by atoms with E-state index in [1.54, 1.807) is 7.11 Å². The van der Waals surface area contributed by atoms with Crippen molar-refractivity contribution in [2.75, 3.05) is 26.8 Å². The minimum atomic E-state index is 0.214. The van der Waals surface area contributed by atoms with E-state index in [1.165, 1.54) is 6.42 Å². The maximum atomic E-state index is 5.32. The maximum absolute atomic E-state index is 5.32. The molecular weight excluding hydrogens is 212 g/mol. The summed E-state index contributed by atoms with van der Waals surface area (Å²) in [5.74, 6) is 0.734. The van der Waals surface area contributed by atoms with Crippen molar-refractivity contribution in [3.05, 3.63) is 0 Å². The molecule has 0 aromatic rings. The van der Waals surface area contributed by atoms with Crippen molar-refractivity contribution in [2.45, 2.75) is 58.7 Å². The van der Waals surface area contributed by atoms with Crippen LogP contribution in [0.2, 0.25) is 0 Å². The summed E-state index contributed by atoms with van der Waals surface area (Å²) >= 11 is 0. The van der Waals surface area contributed by atoms with E-state index in [4.69, 9.17) is 4.74 Å². The summed E-state index contributed by atoms with van der Waals surface area (Å²) in [6.07, 6.45) is 1.24. The Morgan fingerprint density at radius 2 is 2.06 bits per heavy atom. The standard InChI is InChI=1S/C14H30N2O/c1-7-11(2)13-8-15-14(4,5)10-16(13)12(3)9-17-6/h11-13,15H,7-10H2,1-6H3. The lowest BCUT2D eigenvalue weighted by Crippen LogP contribution is -2.65. The van der Waals surface area contributed by atoms with Crippen molar-refractivity contribution < 1.29 is 4.74 Å². The number of hydrogen-bond donors (Lipinski definition) is 1. The van der Waals surface area contributed by atoms with Gasteiger partial charge in [-0.1, -0.05) is 20.3 Å². The summed E-state index contributed by atoms with van der Waals surface area (Å²) in [5, 5.41) is 3.67. The van der Waals surface area contributed by atoms with E-state index in [1.807, 2.05) is 0 Å². The summed E-state index contributed by atoms with van der Waals surface area (Å²) in [5.41, 5.74) is 0.214. The minimum Gasteiger partial charge on any atom is -0.383 e. The molecule has 17 heavy (non-hydrogen) atoms. The molecule has 0 aliphatic carbocycles. The zero-order valence-corrected chi connectivity index (χ0v) is 12.4. The van der Waals surface area contributed by atoms with Gasteiger partial charge in [-0.15, -0.1) is 0 Å². The Balaban J connectivity index is 2.74. The number of piperazine rings is 1. The molecule has 3 atom stereocenters. The third-order valence-electron chi connectivity index (χ3n) is 4.07. The average molecular weight is 242 g/mol. The first kappa shape index (κ1) is 14.9. The van der Waals surface area contributed by atoms with Crippen molar-refractivity contribution in [3.63, 3.8) is 0 Å². The van der Waals surface area contributed by atoms with E-state index in [9.17, 15) is 0 Å². The molecule has 3 heteroatoms. The molecule has 1 aliphatic heterocycles. The SMILES string of the molecule is CCC(C)C1CNC(C)(C)CN1C(C)COC. The van der Waals surface area contributed by atoms with Gasteiger partial charge in [0, 0.05) is 37.8 Å². The van der Waals surface area contributed by atoms with Gasteiger partial charge in [-0.3, -0.25) is 4.90 Å². The molecule has 1 saturated heterocycles. The lowest BCUT2D eigenvalue weighted by molar-refractivity contribution is 0.00370. The number of rotatable bonds is 5. The summed E-state index contributed by atoms with van der Waals surface area (Å²) in [7, 11) is 1.79. The van der Waals surface area contributed by atoms with Gasteiger partial charge in [0.15, 0.2) is 0 Å². The van der Waals surface area contributed by atoms with Crippen LogP contribution in [0.5, 0.6) is 0 Å². The fraction of sp³-hybridized carbons (Fsp3) is 1.00. The van der Waals surface area contributed by atoms with Gasteiger partial charge in [0.2, 0.25) is 0 Å². The third kappa shape index (κ3) is 3.94. The van der Waals surface area contributed by atoms with Crippen molar-refractivity contribution in [3.8, 4) is 0 Å². The molecule has 0 amide bonds. The molecule has 102 valence electrons. The quantitative estimate of drug-likeness (QED) is 0.799. The number of nitrogens with zero attached hydrogens (tertiary/aromatic N) is 1. The predicted molar refractivity (Wildman–Crippen MR) is 73.4 cm³/mol. The summed E-state index contributed by atoms with van der Waals surface area (Å²) in [6, 6.07) is 1.14. The Morgan fingerprint density at radius 3 is 2.59 bits per heavy atom. The maximum Gasteiger partial charge on any atom is 0.0615 e. The molecule has 0 saturated carbocycles. The largest absolute Gasteiger partial charge is 0.383 e. The normalized spacial score (nSPS) is 28.9. The monoisotopic (exact) mass is 242 g/mol. The molecule has 3 nitrogen and oxygen atoms in total. The molecule has 1 N–H and O–H groups in total. The molecule has 1 fully saturated rings. The predicted octanol–water partition coefficient (Wildman–Crippen LogP) is 2.12. The molecule has 1 heterocycles. The molecule has 0 radical (unpaired) electrons. The Labute approximate surface area is 107 Å². The van der Waals surface area contributed by atoms with Gasteiger partial charge in [-0.2, -0.15) is 0 Å². The molecule has 0 bridgehead atoms. The molecular formula is C14H30N2O. The number of nitrogens with one attached hydrogen (secondary N) is 1. The summed E-state index contributed by atoms with van der Waals surface area (Å²) in [4.78, 5) is 2.63. The van der Waals surface area contributed by atoms with Crippen LogP contribution in [0.4, 0.5) is 0 Å². The Morgan fingerprint density at radius 1 is 1.41 bits per heavy atom. The van der Waals surface area contributed by atoms with Crippen LogP contribution >= 0.6 is 0 Å². The highest BCUT2D eigenvalue weighted by atomic mass is 16.5. The number of ether oxygens (including phenoxy) is 1. The van der Waals surface area contributed by atoms with Crippen LogP contribution in [-0.2, 0) is 4.74 Å². The molecule has 1 aliphatic rings.